The fraction of sp³-hybridized carbons (Fsp3) is 0.520. The van der Waals surface area contributed by atoms with Gasteiger partial charge >= 0.3 is 5.97 Å². The van der Waals surface area contributed by atoms with Crippen LogP contribution in [0.3, 0.4) is 0 Å². The lowest BCUT2D eigenvalue weighted by Crippen LogP contribution is -2.56. The molecule has 5 rings (SSSR count). The van der Waals surface area contributed by atoms with Crippen LogP contribution in [0.4, 0.5) is 5.69 Å². The molecule has 0 radical (unpaired) electrons. The molecule has 33 heavy (non-hydrogen) atoms. The summed E-state index contributed by atoms with van der Waals surface area (Å²) in [5, 5.41) is 15.8. The smallest absolute Gasteiger partial charge is 0.347 e. The quantitative estimate of drug-likeness (QED) is 0.530. The fourth-order valence-electron chi connectivity index (χ4n) is 5.08. The molecule has 1 saturated heterocycles. The van der Waals surface area contributed by atoms with Gasteiger partial charge in [-0.1, -0.05) is 6.07 Å². The van der Waals surface area contributed by atoms with Gasteiger partial charge in [0.1, 0.15) is 5.75 Å². The number of pyridine rings is 1. The molecule has 3 atom stereocenters. The topological polar surface area (TPSA) is 102 Å². The van der Waals surface area contributed by atoms with E-state index in [4.69, 9.17) is 14.2 Å². The lowest BCUT2D eigenvalue weighted by atomic mass is 9.96. The first-order chi connectivity index (χ1) is 16.0. The van der Waals surface area contributed by atoms with Crippen LogP contribution in [0, 0.1) is 18.8 Å². The van der Waals surface area contributed by atoms with Crippen molar-refractivity contribution in [3.8, 4) is 16.9 Å². The van der Waals surface area contributed by atoms with Gasteiger partial charge in [0.05, 0.1) is 38.9 Å². The summed E-state index contributed by atoms with van der Waals surface area (Å²) in [6, 6.07) is 5.86. The predicted octanol–water partition coefficient (Wildman–Crippen LogP) is 3.54. The van der Waals surface area contributed by atoms with Gasteiger partial charge in [0.2, 0.25) is 5.66 Å². The molecular weight excluding hydrogens is 422 g/mol. The van der Waals surface area contributed by atoms with Crippen LogP contribution in [0.1, 0.15) is 37.3 Å². The molecule has 8 heteroatoms. The number of benzene rings is 1. The molecule has 0 amide bonds. The molecule has 8 nitrogen and oxygen atoms in total. The van der Waals surface area contributed by atoms with Crippen LogP contribution in [0.25, 0.3) is 11.1 Å². The molecular formula is C25H31N3O5. The van der Waals surface area contributed by atoms with Crippen molar-refractivity contribution in [3.63, 3.8) is 0 Å². The summed E-state index contributed by atoms with van der Waals surface area (Å²) in [5.41, 5.74) is 3.34. The summed E-state index contributed by atoms with van der Waals surface area (Å²) in [6.07, 6.45) is 7.51. The summed E-state index contributed by atoms with van der Waals surface area (Å²) in [4.78, 5) is 16.3. The van der Waals surface area contributed by atoms with E-state index in [-0.39, 0.29) is 13.3 Å². The molecule has 1 aliphatic heterocycles. The van der Waals surface area contributed by atoms with Crippen LogP contribution >= 0.6 is 0 Å². The SMILES string of the molecule is CCOc1cncc(-c2ccc(NC3(C(=O)O)COCN3)cc2COC2CC3CC3C2)c1C. The number of fused-ring (bicyclic) bond motifs is 1. The molecule has 176 valence electrons. The van der Waals surface area contributed by atoms with Crippen molar-refractivity contribution in [1.29, 1.82) is 0 Å². The van der Waals surface area contributed by atoms with Gasteiger partial charge in [-0.25, -0.2) is 4.79 Å². The van der Waals surface area contributed by atoms with Crippen LogP contribution in [0.15, 0.2) is 30.6 Å². The van der Waals surface area contributed by atoms with Crippen LogP contribution in [-0.2, 0) is 20.9 Å². The first-order valence-corrected chi connectivity index (χ1v) is 11.7. The highest BCUT2D eigenvalue weighted by atomic mass is 16.5. The van der Waals surface area contributed by atoms with Gasteiger partial charge in [0.15, 0.2) is 0 Å². The summed E-state index contributed by atoms with van der Waals surface area (Å²) in [7, 11) is 0. The third-order valence-corrected chi connectivity index (χ3v) is 7.06. The standard InChI is InChI=1S/C25H31N3O5/c1-3-32-23-11-26-10-22(15(23)2)21-5-4-19(28-25(24(29)30)13-31-14-27-25)7-18(21)12-33-20-8-16-6-17(16)9-20/h4-5,7,10-11,16-17,20,27-28H,3,6,8-9,12-14H2,1-2H3,(H,29,30). The van der Waals surface area contributed by atoms with Crippen molar-refractivity contribution in [1.82, 2.24) is 10.3 Å². The minimum absolute atomic E-state index is 0.0419. The second-order valence-electron chi connectivity index (χ2n) is 9.28. The van der Waals surface area contributed by atoms with Crippen molar-refractivity contribution < 1.29 is 24.1 Å². The second kappa shape index (κ2) is 8.93. The number of rotatable bonds is 9. The number of hydrogen-bond acceptors (Lipinski definition) is 7. The maximum Gasteiger partial charge on any atom is 0.347 e. The number of aromatic nitrogens is 1. The maximum absolute atomic E-state index is 11.9. The van der Waals surface area contributed by atoms with Gasteiger partial charge in [-0.05, 0) is 68.2 Å². The largest absolute Gasteiger partial charge is 0.492 e. The Kier molecular flexibility index (Phi) is 5.99. The number of carbonyl (C=O) groups is 1. The highest BCUT2D eigenvalue weighted by molar-refractivity contribution is 5.83. The van der Waals surface area contributed by atoms with E-state index in [9.17, 15) is 9.90 Å². The zero-order valence-electron chi connectivity index (χ0n) is 19.1. The lowest BCUT2D eigenvalue weighted by Gasteiger charge is -2.26. The van der Waals surface area contributed by atoms with E-state index in [0.29, 0.717) is 25.0 Å². The highest BCUT2D eigenvalue weighted by Crippen LogP contribution is 2.52. The van der Waals surface area contributed by atoms with E-state index in [1.54, 1.807) is 6.20 Å². The Hall–Kier alpha value is -2.68. The zero-order valence-corrected chi connectivity index (χ0v) is 19.1. The van der Waals surface area contributed by atoms with Gasteiger partial charge in [-0.2, -0.15) is 0 Å². The number of nitrogens with zero attached hydrogens (tertiary/aromatic N) is 1. The molecule has 1 aromatic carbocycles. The van der Waals surface area contributed by atoms with Gasteiger partial charge < -0.3 is 24.6 Å². The van der Waals surface area contributed by atoms with Gasteiger partial charge in [-0.15, -0.1) is 0 Å². The number of carboxylic acids is 1. The Morgan fingerprint density at radius 3 is 2.79 bits per heavy atom. The van der Waals surface area contributed by atoms with Gasteiger partial charge in [0, 0.05) is 23.0 Å². The van der Waals surface area contributed by atoms with E-state index >= 15 is 0 Å². The van der Waals surface area contributed by atoms with E-state index in [2.05, 4.69) is 15.6 Å². The van der Waals surface area contributed by atoms with Crippen molar-refractivity contribution in [2.75, 3.05) is 25.3 Å². The van der Waals surface area contributed by atoms with E-state index < -0.39 is 11.6 Å². The average Bonchev–Trinajstić information content (AvgIpc) is 3.18. The van der Waals surface area contributed by atoms with E-state index in [1.807, 2.05) is 38.2 Å². The van der Waals surface area contributed by atoms with Gasteiger partial charge in [0.25, 0.3) is 0 Å². The predicted molar refractivity (Wildman–Crippen MR) is 123 cm³/mol. The normalized spacial score (nSPS) is 27.9. The first kappa shape index (κ1) is 22.1. The Morgan fingerprint density at radius 1 is 1.27 bits per heavy atom. The Labute approximate surface area is 193 Å². The molecule has 2 aromatic rings. The van der Waals surface area contributed by atoms with Crippen molar-refractivity contribution in [3.05, 3.63) is 41.7 Å². The third-order valence-electron chi connectivity index (χ3n) is 7.06. The monoisotopic (exact) mass is 453 g/mol. The third kappa shape index (κ3) is 4.43. The van der Waals surface area contributed by atoms with Gasteiger partial charge in [-0.3, -0.25) is 10.3 Å². The molecule has 3 unspecified atom stereocenters. The number of ether oxygens (including phenoxy) is 3. The highest BCUT2D eigenvalue weighted by Gasteiger charge is 2.46. The molecule has 3 fully saturated rings. The minimum atomic E-state index is -1.35. The van der Waals surface area contributed by atoms with Crippen LogP contribution in [-0.4, -0.2) is 47.8 Å². The molecule has 2 saturated carbocycles. The molecule has 2 aliphatic carbocycles. The summed E-state index contributed by atoms with van der Waals surface area (Å²) in [6.45, 7) is 5.24. The minimum Gasteiger partial charge on any atom is -0.492 e. The molecule has 3 N–H and O–H groups in total. The van der Waals surface area contributed by atoms with Crippen LogP contribution < -0.4 is 15.4 Å². The number of carboxylic acid groups (broad SMARTS) is 1. The lowest BCUT2D eigenvalue weighted by molar-refractivity contribution is -0.143. The Morgan fingerprint density at radius 2 is 2.09 bits per heavy atom. The van der Waals surface area contributed by atoms with Crippen molar-refractivity contribution in [2.45, 2.75) is 51.5 Å². The molecule has 3 aliphatic rings. The summed E-state index contributed by atoms with van der Waals surface area (Å²) in [5.74, 6) is 1.45. The Bertz CT molecular complexity index is 1030. The molecule has 2 heterocycles. The van der Waals surface area contributed by atoms with Crippen LogP contribution in [0.2, 0.25) is 0 Å². The first-order valence-electron chi connectivity index (χ1n) is 11.7. The second-order valence-corrected chi connectivity index (χ2v) is 9.28. The van der Waals surface area contributed by atoms with Crippen LogP contribution in [0.5, 0.6) is 5.75 Å². The molecule has 0 spiro atoms. The fourth-order valence-corrected chi connectivity index (χ4v) is 5.08. The maximum atomic E-state index is 11.9. The summed E-state index contributed by atoms with van der Waals surface area (Å²) >= 11 is 0. The van der Waals surface area contributed by atoms with Crippen molar-refractivity contribution >= 4 is 11.7 Å². The van der Waals surface area contributed by atoms with E-state index in [1.165, 1.54) is 6.42 Å². The number of anilines is 1. The number of hydrogen-bond donors (Lipinski definition) is 3. The molecule has 0 bridgehead atoms. The zero-order chi connectivity index (χ0) is 23.0. The average molecular weight is 454 g/mol. The summed E-state index contributed by atoms with van der Waals surface area (Å²) < 4.78 is 17.4. The number of aliphatic carboxylic acids is 1. The van der Waals surface area contributed by atoms with E-state index in [0.717, 1.165) is 52.7 Å². The molecule has 1 aromatic heterocycles. The Balaban J connectivity index is 1.45. The van der Waals surface area contributed by atoms with Crippen molar-refractivity contribution in [2.24, 2.45) is 11.8 Å². The number of nitrogens with one attached hydrogen (secondary N) is 2.